The summed E-state index contributed by atoms with van der Waals surface area (Å²) in [6.45, 7) is 31.3. The van der Waals surface area contributed by atoms with Crippen molar-refractivity contribution in [2.24, 2.45) is 0 Å². The zero-order valence-corrected chi connectivity index (χ0v) is 52.9. The highest BCUT2D eigenvalue weighted by molar-refractivity contribution is 7.20. The molecule has 432 valence electrons. The predicted molar refractivity (Wildman–Crippen MR) is 365 cm³/mol. The van der Waals surface area contributed by atoms with Gasteiger partial charge in [0.25, 0.3) is 6.33 Å². The lowest BCUT2D eigenvalue weighted by atomic mass is 9.79. The van der Waals surface area contributed by atoms with E-state index in [2.05, 4.69) is 122 Å². The number of benzene rings is 9. The van der Waals surface area contributed by atoms with Gasteiger partial charge in [-0.2, -0.15) is 0 Å². The van der Waals surface area contributed by atoms with Gasteiger partial charge in [0, 0.05) is 23.0 Å². The van der Waals surface area contributed by atoms with E-state index < -0.39 is 125 Å². The Balaban J connectivity index is 1.25. The van der Waals surface area contributed by atoms with E-state index in [1.807, 2.05) is 125 Å². The van der Waals surface area contributed by atoms with Crippen LogP contribution in [0.5, 0.6) is 11.5 Å². The van der Waals surface area contributed by atoms with Crippen LogP contribution in [-0.2, 0) is 27.1 Å². The average molecular weight is 1160 g/mol. The second-order valence-corrected chi connectivity index (χ2v) is 31.3. The number of fused-ring (bicyclic) bond motifs is 4. The van der Waals surface area contributed by atoms with Crippen molar-refractivity contribution in [1.82, 2.24) is 14.1 Å². The van der Waals surface area contributed by atoms with Crippen LogP contribution in [0.25, 0.3) is 61.2 Å². The fourth-order valence-electron chi connectivity index (χ4n) is 11.7. The molecule has 0 saturated carbocycles. The van der Waals surface area contributed by atoms with Crippen molar-refractivity contribution < 1.29 is 29.9 Å². The van der Waals surface area contributed by atoms with Crippen LogP contribution in [0.4, 0.5) is 0 Å². The maximum absolute atomic E-state index is 10.2. The van der Waals surface area contributed by atoms with Gasteiger partial charge in [0.2, 0.25) is 0 Å². The molecule has 3 aromatic heterocycles. The van der Waals surface area contributed by atoms with Crippen LogP contribution in [-0.4, -0.2) is 22.2 Å². The van der Waals surface area contributed by atoms with Crippen molar-refractivity contribution >= 4 is 61.7 Å². The van der Waals surface area contributed by atoms with Gasteiger partial charge in [-0.1, -0.05) is 261 Å². The minimum atomic E-state index is -5.83. The molecule has 6 heteroatoms. The largest absolute Gasteiger partial charge is 0.458 e. The molecule has 0 unspecified atom stereocenters. The van der Waals surface area contributed by atoms with Crippen LogP contribution in [0.1, 0.15) is 152 Å². The van der Waals surface area contributed by atoms with E-state index in [0.29, 0.717) is 39.3 Å². The summed E-state index contributed by atoms with van der Waals surface area (Å²) in [7, 11) is -5.83. The van der Waals surface area contributed by atoms with Crippen molar-refractivity contribution in [3.8, 4) is 39.8 Å². The molecule has 0 aliphatic heterocycles. The van der Waals surface area contributed by atoms with Crippen LogP contribution in [0.2, 0.25) is 0 Å². The van der Waals surface area contributed by atoms with E-state index in [0.717, 1.165) is 55.4 Å². The molecule has 0 radical (unpaired) electrons. The molecular formula is C80H82N4OSi. The summed E-state index contributed by atoms with van der Waals surface area (Å²) in [5, 5.41) is 0.264. The minimum absolute atomic E-state index is 0.00673. The second-order valence-electron chi connectivity index (χ2n) is 27.7. The smallest absolute Gasteiger partial charge is 0.269 e. The van der Waals surface area contributed by atoms with E-state index in [-0.39, 0.29) is 27.1 Å². The SMILES string of the molecule is [2H]c1c([2H])c([2H])c([Si](c2cc(C(C)(C)C)cc(C(C)(C)C)c2-[n+]2[c-]n(-c3cccc(Oc4ccc5c6ccccc6n(-c6cc(C(C)(C)C)ccn6)c5c4)c3)c3cc(-c4cc(C(C)(C)C)cc(C(C)(C)C)c4)ccc32)(c2c([2H])c([2H])c([2H])c([2H])c2[2H])c2c([2H])c([2H])c([2H])c([2H])c2[2H])c([2H])c1[2H]. The first-order valence-corrected chi connectivity index (χ1v) is 31.4. The molecule has 0 atom stereocenters. The lowest BCUT2D eigenvalue weighted by Gasteiger charge is -2.39. The van der Waals surface area contributed by atoms with Gasteiger partial charge >= 0.3 is 0 Å². The first kappa shape index (κ1) is 42.3. The molecule has 0 N–H and O–H groups in total. The van der Waals surface area contributed by atoms with E-state index in [1.165, 1.54) is 0 Å². The molecule has 12 aromatic rings. The molecule has 0 bridgehead atoms. The van der Waals surface area contributed by atoms with Gasteiger partial charge in [0.15, 0.2) is 8.07 Å². The molecule has 0 spiro atoms. The van der Waals surface area contributed by atoms with Gasteiger partial charge in [-0.15, -0.1) is 0 Å². The zero-order chi connectivity index (χ0) is 73.8. The summed E-state index contributed by atoms with van der Waals surface area (Å²) in [5.41, 5.74) is 7.41. The Hall–Kier alpha value is -8.58. The number of imidazole rings is 1. The predicted octanol–water partition coefficient (Wildman–Crippen LogP) is 17.5. The summed E-state index contributed by atoms with van der Waals surface area (Å²) in [6.07, 6.45) is 5.60. The fourth-order valence-corrected chi connectivity index (χ4v) is 15.7. The maximum Gasteiger partial charge on any atom is 0.269 e. The average Bonchev–Trinajstić information content (AvgIpc) is 1.13. The van der Waals surface area contributed by atoms with Crippen molar-refractivity contribution in [2.45, 2.75) is 131 Å². The highest BCUT2D eigenvalue weighted by Gasteiger charge is 2.45. The molecule has 5 nitrogen and oxygen atoms in total. The number of rotatable bonds is 10. The maximum atomic E-state index is 10.2. The summed E-state index contributed by atoms with van der Waals surface area (Å²) in [5.74, 6) is 1.74. The van der Waals surface area contributed by atoms with Crippen molar-refractivity contribution in [3.63, 3.8) is 0 Å². The van der Waals surface area contributed by atoms with Gasteiger partial charge in [-0.05, 0) is 141 Å². The van der Waals surface area contributed by atoms with Crippen molar-refractivity contribution in [2.75, 3.05) is 0 Å². The summed E-state index contributed by atoms with van der Waals surface area (Å²) in [6, 6.07) is 29.5. The summed E-state index contributed by atoms with van der Waals surface area (Å²) >= 11 is 0. The lowest BCUT2D eigenvalue weighted by Crippen LogP contribution is -2.76. The van der Waals surface area contributed by atoms with Crippen LogP contribution < -0.4 is 30.1 Å². The third-order valence-corrected chi connectivity index (χ3v) is 20.7. The Morgan fingerprint density at radius 1 is 0.453 bits per heavy atom. The molecule has 0 amide bonds. The molecule has 9 aromatic carbocycles. The van der Waals surface area contributed by atoms with E-state index in [1.54, 1.807) is 10.6 Å². The van der Waals surface area contributed by atoms with Gasteiger partial charge < -0.3 is 4.74 Å². The Labute approximate surface area is 532 Å². The molecule has 86 heavy (non-hydrogen) atoms. The second kappa shape index (κ2) is 21.4. The van der Waals surface area contributed by atoms with E-state index in [4.69, 9.17) is 13.8 Å². The fraction of sp³-hybridized carbons (Fsp3) is 0.250. The van der Waals surface area contributed by atoms with Crippen LogP contribution in [0.3, 0.4) is 0 Å². The number of para-hydroxylation sites is 1. The molecule has 3 heterocycles. The van der Waals surface area contributed by atoms with Crippen LogP contribution >= 0.6 is 0 Å². The highest BCUT2D eigenvalue weighted by Crippen LogP contribution is 2.40. The highest BCUT2D eigenvalue weighted by atomic mass is 28.3. The lowest BCUT2D eigenvalue weighted by molar-refractivity contribution is -0.572. The molecular weight excluding hydrogens is 1060 g/mol. The van der Waals surface area contributed by atoms with Crippen molar-refractivity contribution in [1.29, 1.82) is 0 Å². The first-order valence-electron chi connectivity index (χ1n) is 36.9. The quantitative estimate of drug-likeness (QED) is 0.0592. The minimum Gasteiger partial charge on any atom is -0.458 e. The molecule has 0 aliphatic rings. The Morgan fingerprint density at radius 2 is 1.01 bits per heavy atom. The topological polar surface area (TPSA) is 35.9 Å². The molecule has 0 aliphatic carbocycles. The van der Waals surface area contributed by atoms with Gasteiger partial charge in [-0.25, -0.2) is 4.98 Å². The van der Waals surface area contributed by atoms with Gasteiger partial charge in [0.05, 0.1) is 54.0 Å². The van der Waals surface area contributed by atoms with Crippen LogP contribution in [0, 0.1) is 6.33 Å². The molecule has 0 fully saturated rings. The van der Waals surface area contributed by atoms with Gasteiger partial charge in [-0.3, -0.25) is 13.7 Å². The van der Waals surface area contributed by atoms with E-state index >= 15 is 0 Å². The number of ether oxygens (including phenoxy) is 1. The van der Waals surface area contributed by atoms with Crippen molar-refractivity contribution in [3.05, 3.63) is 258 Å². The number of nitrogens with zero attached hydrogens (tertiary/aromatic N) is 4. The number of hydrogen-bond acceptors (Lipinski definition) is 2. The van der Waals surface area contributed by atoms with Crippen LogP contribution in [0.15, 0.2) is 224 Å². The Bertz CT molecular complexity index is 5160. The summed E-state index contributed by atoms with van der Waals surface area (Å²) < 4.78 is 158. The standard InChI is InChI=1S/C80H82N4OSi/c1-76(2,3)56-42-43-81-74(50-56)84-69-37-26-25-36-66(69)67-40-39-62(52-71(67)84)85-61-29-27-28-60(51-61)82-53-83(70-41-38-54(46-72(70)82)55-44-57(77(4,5)6)47-58(45-55)78(7,8)9)75-68(80(13,14)15)48-59(79(10,11)12)49-73(75)86(63-30-19-16-20-31-63,64-32-21-17-22-33-64)65-34-23-18-24-35-65/h16-52H,1-15H3/i16D,17D,18D,19D,20D,21D,22D,23D,24D,30D,31D,32D,33D,34D,35D. The first-order chi connectivity index (χ1) is 47.0. The number of pyridine rings is 1. The Morgan fingerprint density at radius 3 is 1.59 bits per heavy atom. The van der Waals surface area contributed by atoms with E-state index in [9.17, 15) is 16.4 Å². The summed E-state index contributed by atoms with van der Waals surface area (Å²) in [4.78, 5) is 4.91. The number of hydrogen-bond donors (Lipinski definition) is 0. The molecule has 12 rings (SSSR count). The third-order valence-electron chi connectivity index (χ3n) is 16.5. The monoisotopic (exact) mass is 1160 g/mol. The third kappa shape index (κ3) is 10.6. The zero-order valence-electron chi connectivity index (χ0n) is 66.9. The normalized spacial score (nSPS) is 15.3. The molecule has 0 saturated heterocycles. The Kier molecular flexibility index (Phi) is 10.5. The van der Waals surface area contributed by atoms with Gasteiger partial charge in [0.1, 0.15) is 17.3 Å². The number of aromatic nitrogens is 4.